The summed E-state index contributed by atoms with van der Waals surface area (Å²) in [5.41, 5.74) is 3.96. The molecule has 0 nitrogen and oxygen atoms in total. The summed E-state index contributed by atoms with van der Waals surface area (Å²) in [5, 5.41) is 1.07. The topological polar surface area (TPSA) is 0 Å². The standard InChI is InChI=1S/C11H14BrCl/c1-9-7-10(3-2-6-12)4-5-11(9)8-13/h4-5,7H,2-3,6,8H2,1H3. The second kappa shape index (κ2) is 5.66. The molecule has 0 bridgehead atoms. The first-order valence-electron chi connectivity index (χ1n) is 4.48. The van der Waals surface area contributed by atoms with Gasteiger partial charge in [-0.15, -0.1) is 11.6 Å². The monoisotopic (exact) mass is 260 g/mol. The summed E-state index contributed by atoms with van der Waals surface area (Å²) in [6.45, 7) is 2.12. The van der Waals surface area contributed by atoms with Gasteiger partial charge >= 0.3 is 0 Å². The van der Waals surface area contributed by atoms with Gasteiger partial charge in [0.1, 0.15) is 0 Å². The summed E-state index contributed by atoms with van der Waals surface area (Å²) in [5.74, 6) is 0.616. The maximum Gasteiger partial charge on any atom is 0.0476 e. The van der Waals surface area contributed by atoms with E-state index in [0.29, 0.717) is 5.88 Å². The molecule has 0 radical (unpaired) electrons. The molecule has 1 aromatic rings. The number of benzene rings is 1. The Morgan fingerprint density at radius 2 is 2.15 bits per heavy atom. The summed E-state index contributed by atoms with van der Waals surface area (Å²) in [4.78, 5) is 0. The van der Waals surface area contributed by atoms with E-state index >= 15 is 0 Å². The van der Waals surface area contributed by atoms with Gasteiger partial charge in [0.25, 0.3) is 0 Å². The first-order chi connectivity index (χ1) is 6.27. The van der Waals surface area contributed by atoms with Crippen molar-refractivity contribution in [2.75, 3.05) is 5.33 Å². The Labute approximate surface area is 93.4 Å². The molecule has 1 aromatic carbocycles. The van der Waals surface area contributed by atoms with Crippen LogP contribution in [0.1, 0.15) is 23.1 Å². The minimum atomic E-state index is 0.616. The molecule has 0 saturated heterocycles. The van der Waals surface area contributed by atoms with Crippen LogP contribution in [0.4, 0.5) is 0 Å². The van der Waals surface area contributed by atoms with Crippen LogP contribution in [-0.2, 0) is 12.3 Å². The van der Waals surface area contributed by atoms with Crippen LogP contribution in [0.25, 0.3) is 0 Å². The zero-order valence-electron chi connectivity index (χ0n) is 7.82. The van der Waals surface area contributed by atoms with Crippen LogP contribution in [0.3, 0.4) is 0 Å². The molecule has 72 valence electrons. The molecule has 0 aliphatic rings. The van der Waals surface area contributed by atoms with Gasteiger partial charge in [-0.2, -0.15) is 0 Å². The van der Waals surface area contributed by atoms with Crippen molar-refractivity contribution in [2.45, 2.75) is 25.6 Å². The molecule has 0 amide bonds. The van der Waals surface area contributed by atoms with E-state index in [1.807, 2.05) is 0 Å². The summed E-state index contributed by atoms with van der Waals surface area (Å²) in [6, 6.07) is 6.54. The third-order valence-corrected chi connectivity index (χ3v) is 3.00. The fraction of sp³-hybridized carbons (Fsp3) is 0.455. The third kappa shape index (κ3) is 3.32. The minimum absolute atomic E-state index is 0.616. The predicted molar refractivity (Wildman–Crippen MR) is 62.9 cm³/mol. The number of alkyl halides is 2. The van der Waals surface area contributed by atoms with Crippen molar-refractivity contribution in [3.63, 3.8) is 0 Å². The molecule has 0 aromatic heterocycles. The van der Waals surface area contributed by atoms with Crippen molar-refractivity contribution in [2.24, 2.45) is 0 Å². The van der Waals surface area contributed by atoms with Crippen LogP contribution >= 0.6 is 27.5 Å². The summed E-state index contributed by atoms with van der Waals surface area (Å²) in [6.07, 6.45) is 2.34. The highest BCUT2D eigenvalue weighted by atomic mass is 79.9. The maximum atomic E-state index is 5.78. The molecule has 0 heterocycles. The molecule has 0 unspecified atom stereocenters. The molecule has 1 rings (SSSR count). The maximum absolute atomic E-state index is 5.78. The van der Waals surface area contributed by atoms with E-state index in [1.54, 1.807) is 0 Å². The third-order valence-electron chi connectivity index (χ3n) is 2.15. The molecule has 2 heteroatoms. The molecule has 0 atom stereocenters. The van der Waals surface area contributed by atoms with Crippen molar-refractivity contribution < 1.29 is 0 Å². The zero-order valence-corrected chi connectivity index (χ0v) is 10.2. The number of halogens is 2. The number of rotatable bonds is 4. The second-order valence-electron chi connectivity index (χ2n) is 3.19. The van der Waals surface area contributed by atoms with Gasteiger partial charge in [-0.05, 0) is 36.5 Å². The Morgan fingerprint density at radius 3 is 2.69 bits per heavy atom. The van der Waals surface area contributed by atoms with E-state index < -0.39 is 0 Å². The van der Waals surface area contributed by atoms with Gasteiger partial charge in [-0.1, -0.05) is 34.1 Å². The smallest absolute Gasteiger partial charge is 0.0476 e. The van der Waals surface area contributed by atoms with Crippen molar-refractivity contribution in [3.8, 4) is 0 Å². The second-order valence-corrected chi connectivity index (χ2v) is 4.25. The molecular formula is C11H14BrCl. The zero-order chi connectivity index (χ0) is 9.68. The van der Waals surface area contributed by atoms with Crippen molar-refractivity contribution >= 4 is 27.5 Å². The van der Waals surface area contributed by atoms with Gasteiger partial charge in [0, 0.05) is 11.2 Å². The lowest BCUT2D eigenvalue weighted by molar-refractivity contribution is 0.936. The number of aryl methyl sites for hydroxylation is 2. The van der Waals surface area contributed by atoms with Crippen molar-refractivity contribution in [1.29, 1.82) is 0 Å². The molecule has 0 aliphatic carbocycles. The van der Waals surface area contributed by atoms with Crippen LogP contribution in [-0.4, -0.2) is 5.33 Å². The van der Waals surface area contributed by atoms with Gasteiger partial charge in [-0.25, -0.2) is 0 Å². The van der Waals surface area contributed by atoms with E-state index in [4.69, 9.17) is 11.6 Å². The van der Waals surface area contributed by atoms with Crippen LogP contribution in [0.2, 0.25) is 0 Å². The lowest BCUT2D eigenvalue weighted by Crippen LogP contribution is -1.90. The first kappa shape index (κ1) is 11.1. The van der Waals surface area contributed by atoms with E-state index in [1.165, 1.54) is 23.1 Å². The van der Waals surface area contributed by atoms with Crippen LogP contribution < -0.4 is 0 Å². The summed E-state index contributed by atoms with van der Waals surface area (Å²) in [7, 11) is 0. The lowest BCUT2D eigenvalue weighted by atomic mass is 10.0. The molecule has 13 heavy (non-hydrogen) atoms. The van der Waals surface area contributed by atoms with Gasteiger partial charge < -0.3 is 0 Å². The Balaban J connectivity index is 2.71. The fourth-order valence-corrected chi connectivity index (χ4v) is 1.91. The molecule has 0 fully saturated rings. The minimum Gasteiger partial charge on any atom is -0.122 e. The SMILES string of the molecule is Cc1cc(CCCBr)ccc1CCl. The number of hydrogen-bond donors (Lipinski definition) is 0. The Kier molecular flexibility index (Phi) is 4.82. The van der Waals surface area contributed by atoms with Gasteiger partial charge in [-0.3, -0.25) is 0 Å². The highest BCUT2D eigenvalue weighted by Gasteiger charge is 1.98. The normalized spacial score (nSPS) is 10.4. The summed E-state index contributed by atoms with van der Waals surface area (Å²) >= 11 is 9.21. The first-order valence-corrected chi connectivity index (χ1v) is 6.14. The average Bonchev–Trinajstić information content (AvgIpc) is 2.15. The quantitative estimate of drug-likeness (QED) is 0.717. The molecule has 0 aliphatic heterocycles. The fourth-order valence-electron chi connectivity index (χ4n) is 1.33. The van der Waals surface area contributed by atoms with Crippen molar-refractivity contribution in [1.82, 2.24) is 0 Å². The predicted octanol–water partition coefficient (Wildman–Crippen LogP) is 4.06. The van der Waals surface area contributed by atoms with Gasteiger partial charge in [0.05, 0.1) is 0 Å². The van der Waals surface area contributed by atoms with Gasteiger partial charge in [0.15, 0.2) is 0 Å². The van der Waals surface area contributed by atoms with E-state index in [0.717, 1.165) is 11.8 Å². The van der Waals surface area contributed by atoms with Crippen LogP contribution in [0, 0.1) is 6.92 Å². The Morgan fingerprint density at radius 1 is 1.38 bits per heavy atom. The summed E-state index contributed by atoms with van der Waals surface area (Å²) < 4.78 is 0. The van der Waals surface area contributed by atoms with E-state index in [-0.39, 0.29) is 0 Å². The van der Waals surface area contributed by atoms with E-state index in [9.17, 15) is 0 Å². The highest BCUT2D eigenvalue weighted by molar-refractivity contribution is 9.09. The van der Waals surface area contributed by atoms with Gasteiger partial charge in [0.2, 0.25) is 0 Å². The largest absolute Gasteiger partial charge is 0.122 e. The molecular weight excluding hydrogens is 247 g/mol. The van der Waals surface area contributed by atoms with Crippen LogP contribution in [0.15, 0.2) is 18.2 Å². The average molecular weight is 262 g/mol. The molecule has 0 saturated carbocycles. The molecule has 0 spiro atoms. The molecule has 0 N–H and O–H groups in total. The van der Waals surface area contributed by atoms with Crippen LogP contribution in [0.5, 0.6) is 0 Å². The van der Waals surface area contributed by atoms with Crippen molar-refractivity contribution in [3.05, 3.63) is 34.9 Å². The Bertz CT molecular complexity index is 271. The highest BCUT2D eigenvalue weighted by Crippen LogP contribution is 2.14. The number of hydrogen-bond acceptors (Lipinski definition) is 0. The lowest BCUT2D eigenvalue weighted by Gasteiger charge is -2.05. The van der Waals surface area contributed by atoms with E-state index in [2.05, 4.69) is 41.1 Å². The Hall–Kier alpha value is -0.0100.